The minimum atomic E-state index is 0.679. The Morgan fingerprint density at radius 3 is 3.27 bits per heavy atom. The fraction of sp³-hybridized carbons (Fsp3) is 0.286. The predicted octanol–water partition coefficient (Wildman–Crippen LogP) is 0.632. The van der Waals surface area contributed by atoms with Crippen LogP contribution in [0.25, 0.3) is 0 Å². The van der Waals surface area contributed by atoms with Gasteiger partial charge in [-0.25, -0.2) is 4.99 Å². The van der Waals surface area contributed by atoms with Gasteiger partial charge in [0.05, 0.1) is 12.3 Å². The summed E-state index contributed by atoms with van der Waals surface area (Å²) in [5.74, 6) is 0.679. The van der Waals surface area contributed by atoms with Crippen LogP contribution in [-0.4, -0.2) is 29.3 Å². The van der Waals surface area contributed by atoms with Crippen molar-refractivity contribution in [1.82, 2.24) is 4.90 Å². The third-order valence-corrected chi connectivity index (χ3v) is 1.51. The van der Waals surface area contributed by atoms with Crippen LogP contribution < -0.4 is 0 Å². The van der Waals surface area contributed by atoms with Crippen LogP contribution in [0.4, 0.5) is 0 Å². The quantitative estimate of drug-likeness (QED) is 0.496. The van der Waals surface area contributed by atoms with E-state index in [4.69, 9.17) is 0 Å². The zero-order valence-corrected chi connectivity index (χ0v) is 6.23. The largest absolute Gasteiger partial charge is 0.310 e. The van der Waals surface area contributed by atoms with Gasteiger partial charge in [0.15, 0.2) is 0 Å². The van der Waals surface area contributed by atoms with Crippen molar-refractivity contribution in [3.05, 3.63) is 12.3 Å². The smallest absolute Gasteiger partial charge is 0.249 e. The lowest BCUT2D eigenvalue weighted by molar-refractivity contribution is 0.612. The van der Waals surface area contributed by atoms with Crippen LogP contribution in [0, 0.1) is 0 Å². The molecule has 2 rings (SSSR count). The van der Waals surface area contributed by atoms with E-state index in [-0.39, 0.29) is 0 Å². The molecule has 0 unspecified atom stereocenters. The summed E-state index contributed by atoms with van der Waals surface area (Å²) in [6.07, 6.45) is 5.55. The van der Waals surface area contributed by atoms with Gasteiger partial charge in [0, 0.05) is 12.4 Å². The molecule has 0 aromatic heterocycles. The topological polar surface area (TPSA) is 40.3 Å². The van der Waals surface area contributed by atoms with E-state index in [9.17, 15) is 0 Å². The molecule has 0 spiro atoms. The first-order valence-electron chi connectivity index (χ1n) is 3.45. The monoisotopic (exact) mass is 148 g/mol. The zero-order valence-electron chi connectivity index (χ0n) is 6.23. The molecule has 0 bridgehead atoms. The Bertz CT molecular complexity index is 285. The lowest BCUT2D eigenvalue weighted by Gasteiger charge is -2.22. The summed E-state index contributed by atoms with van der Waals surface area (Å²) in [4.78, 5) is 6.00. The van der Waals surface area contributed by atoms with E-state index in [1.54, 1.807) is 6.21 Å². The third-order valence-electron chi connectivity index (χ3n) is 1.51. The molecule has 11 heavy (non-hydrogen) atoms. The molecule has 2 heterocycles. The second-order valence-corrected chi connectivity index (χ2v) is 2.48. The molecule has 4 nitrogen and oxygen atoms in total. The van der Waals surface area contributed by atoms with Crippen molar-refractivity contribution in [2.75, 3.05) is 6.54 Å². The van der Waals surface area contributed by atoms with Gasteiger partial charge in [-0.2, -0.15) is 5.10 Å². The number of hydrogen-bond donors (Lipinski definition) is 0. The molecule has 0 aromatic rings. The summed E-state index contributed by atoms with van der Waals surface area (Å²) in [7, 11) is 0. The maximum Gasteiger partial charge on any atom is 0.249 e. The maximum absolute atomic E-state index is 4.04. The van der Waals surface area contributed by atoms with Crippen LogP contribution in [-0.2, 0) is 0 Å². The first-order chi connectivity index (χ1) is 5.36. The van der Waals surface area contributed by atoms with Gasteiger partial charge < -0.3 is 4.90 Å². The molecule has 0 aromatic carbocycles. The van der Waals surface area contributed by atoms with Gasteiger partial charge >= 0.3 is 0 Å². The molecule has 0 aliphatic carbocycles. The average molecular weight is 148 g/mol. The second kappa shape index (κ2) is 2.30. The van der Waals surface area contributed by atoms with Crippen LogP contribution in [0.5, 0.6) is 0 Å². The van der Waals surface area contributed by atoms with Gasteiger partial charge in [-0.05, 0) is 13.0 Å². The summed E-state index contributed by atoms with van der Waals surface area (Å²) >= 11 is 0. The van der Waals surface area contributed by atoms with Gasteiger partial charge in [-0.1, -0.05) is 0 Å². The summed E-state index contributed by atoms with van der Waals surface area (Å²) in [6, 6.07) is 0. The lowest BCUT2D eigenvalue weighted by atomic mass is 10.3. The molecule has 2 aliphatic rings. The minimum Gasteiger partial charge on any atom is -0.310 e. The minimum absolute atomic E-state index is 0.679. The molecule has 0 fully saturated rings. The van der Waals surface area contributed by atoms with E-state index >= 15 is 0 Å². The molecule has 56 valence electrons. The van der Waals surface area contributed by atoms with Crippen molar-refractivity contribution in [2.45, 2.75) is 6.92 Å². The number of nitrogens with zero attached hydrogens (tertiary/aromatic N) is 4. The van der Waals surface area contributed by atoms with Crippen LogP contribution in [0.3, 0.4) is 0 Å². The molecule has 0 radical (unpaired) electrons. The number of guanidine groups is 1. The number of hydrogen-bond acceptors (Lipinski definition) is 4. The van der Waals surface area contributed by atoms with Gasteiger partial charge in [-0.3, -0.25) is 0 Å². The summed E-state index contributed by atoms with van der Waals surface area (Å²) in [5.41, 5.74) is 1.01. The highest BCUT2D eigenvalue weighted by molar-refractivity contribution is 5.99. The molecule has 4 heteroatoms. The molecule has 0 atom stereocenters. The van der Waals surface area contributed by atoms with Gasteiger partial charge in [0.2, 0.25) is 5.96 Å². The summed E-state index contributed by atoms with van der Waals surface area (Å²) in [5, 5.41) is 7.84. The van der Waals surface area contributed by atoms with Crippen LogP contribution >= 0.6 is 0 Å². The van der Waals surface area contributed by atoms with E-state index in [0.717, 1.165) is 12.3 Å². The molecule has 0 saturated carbocycles. The van der Waals surface area contributed by atoms with Crippen molar-refractivity contribution < 1.29 is 0 Å². The molecular weight excluding hydrogens is 140 g/mol. The van der Waals surface area contributed by atoms with E-state index in [1.165, 1.54) is 0 Å². The zero-order chi connectivity index (χ0) is 7.68. The van der Waals surface area contributed by atoms with E-state index in [1.807, 2.05) is 24.1 Å². The van der Waals surface area contributed by atoms with Crippen molar-refractivity contribution >= 4 is 17.9 Å². The van der Waals surface area contributed by atoms with Gasteiger partial charge in [0.25, 0.3) is 0 Å². The first-order valence-corrected chi connectivity index (χ1v) is 3.45. The molecule has 0 amide bonds. The Hall–Kier alpha value is -1.45. The second-order valence-electron chi connectivity index (χ2n) is 2.48. The Labute approximate surface area is 64.6 Å². The van der Waals surface area contributed by atoms with Crippen molar-refractivity contribution in [2.24, 2.45) is 15.2 Å². The third kappa shape index (κ3) is 1.07. The van der Waals surface area contributed by atoms with Crippen molar-refractivity contribution in [3.63, 3.8) is 0 Å². The molecule has 0 saturated heterocycles. The molecule has 2 aliphatic heterocycles. The van der Waals surface area contributed by atoms with E-state index in [2.05, 4.69) is 15.2 Å². The summed E-state index contributed by atoms with van der Waals surface area (Å²) in [6.45, 7) is 2.75. The normalized spacial score (nSPS) is 21.0. The Morgan fingerprint density at radius 1 is 1.45 bits per heavy atom. The highest BCUT2D eigenvalue weighted by Gasteiger charge is 2.13. The highest BCUT2D eigenvalue weighted by atomic mass is 15.4. The van der Waals surface area contributed by atoms with Crippen molar-refractivity contribution in [1.29, 1.82) is 0 Å². The van der Waals surface area contributed by atoms with Gasteiger partial charge in [-0.15, -0.1) is 5.10 Å². The SMILES string of the molecule is CC1=NN=C2N=CC=CN2C1. The molecule has 0 N–H and O–H groups in total. The Kier molecular flexibility index (Phi) is 1.31. The first kappa shape index (κ1) is 6.27. The lowest BCUT2D eigenvalue weighted by Crippen LogP contribution is -2.33. The summed E-state index contributed by atoms with van der Waals surface area (Å²) < 4.78 is 0. The highest BCUT2D eigenvalue weighted by Crippen LogP contribution is 2.05. The fourth-order valence-electron chi connectivity index (χ4n) is 1.01. The number of rotatable bonds is 0. The standard InChI is InChI=1S/C7H8N4/c1-6-5-11-4-2-3-8-7(11)10-9-6/h2-4H,5H2,1H3. The van der Waals surface area contributed by atoms with Crippen LogP contribution in [0.15, 0.2) is 27.5 Å². The van der Waals surface area contributed by atoms with Gasteiger partial charge in [0.1, 0.15) is 0 Å². The van der Waals surface area contributed by atoms with E-state index < -0.39 is 0 Å². The van der Waals surface area contributed by atoms with Crippen molar-refractivity contribution in [3.8, 4) is 0 Å². The Balaban J connectivity index is 2.33. The predicted molar refractivity (Wildman–Crippen MR) is 44.9 cm³/mol. The maximum atomic E-state index is 4.04. The van der Waals surface area contributed by atoms with Crippen LogP contribution in [0.2, 0.25) is 0 Å². The fourth-order valence-corrected chi connectivity index (χ4v) is 1.01. The number of aliphatic imine (C=N–C) groups is 1. The molecular formula is C7H8N4. The van der Waals surface area contributed by atoms with Crippen LogP contribution in [0.1, 0.15) is 6.92 Å². The number of allylic oxidation sites excluding steroid dienone is 1. The average Bonchev–Trinajstić information content (AvgIpc) is 2.04. The Morgan fingerprint density at radius 2 is 2.36 bits per heavy atom. The van der Waals surface area contributed by atoms with E-state index in [0.29, 0.717) is 5.96 Å². The number of fused-ring (bicyclic) bond motifs is 1.